The molecule has 0 radical (unpaired) electrons. The van der Waals surface area contributed by atoms with Crippen LogP contribution in [0.25, 0.3) is 5.69 Å². The molecule has 0 aliphatic carbocycles. The first-order valence-corrected chi connectivity index (χ1v) is 8.69. The number of rotatable bonds is 4. The fourth-order valence-electron chi connectivity index (χ4n) is 3.05. The zero-order chi connectivity index (χ0) is 18.6. The van der Waals surface area contributed by atoms with Gasteiger partial charge in [0.2, 0.25) is 0 Å². The molecule has 1 aliphatic rings. The summed E-state index contributed by atoms with van der Waals surface area (Å²) in [5.41, 5.74) is 1.49. The third-order valence-electron chi connectivity index (χ3n) is 4.44. The molecule has 1 saturated heterocycles. The third-order valence-corrected chi connectivity index (χ3v) is 4.44. The number of benzene rings is 1. The van der Waals surface area contributed by atoms with Gasteiger partial charge in [-0.25, -0.2) is 4.68 Å². The summed E-state index contributed by atoms with van der Waals surface area (Å²) in [4.78, 5) is 30.7. The minimum absolute atomic E-state index is 0.118. The largest absolute Gasteiger partial charge is 0.346 e. The molecule has 3 heterocycles. The zero-order valence-corrected chi connectivity index (χ0v) is 14.5. The molecule has 8 heteroatoms. The summed E-state index contributed by atoms with van der Waals surface area (Å²) >= 11 is 0. The van der Waals surface area contributed by atoms with E-state index in [1.807, 2.05) is 30.3 Å². The Morgan fingerprint density at radius 3 is 2.63 bits per heavy atom. The van der Waals surface area contributed by atoms with Crippen molar-refractivity contribution in [3.05, 3.63) is 72.3 Å². The van der Waals surface area contributed by atoms with Gasteiger partial charge in [-0.05, 0) is 30.7 Å². The van der Waals surface area contributed by atoms with Crippen molar-refractivity contribution >= 4 is 11.8 Å². The number of nitrogens with zero attached hydrogens (tertiary/aromatic N) is 5. The maximum absolute atomic E-state index is 12.4. The summed E-state index contributed by atoms with van der Waals surface area (Å²) in [6.45, 7) is 1.03. The molecule has 1 aromatic carbocycles. The average Bonchev–Trinajstić information content (AvgIpc) is 3.39. The van der Waals surface area contributed by atoms with Crippen LogP contribution in [0, 0.1) is 0 Å². The molecule has 8 nitrogen and oxygen atoms in total. The highest BCUT2D eigenvalue weighted by molar-refractivity contribution is 5.93. The van der Waals surface area contributed by atoms with Gasteiger partial charge in [0, 0.05) is 25.3 Å². The molecule has 4 rings (SSSR count). The molecule has 1 fully saturated rings. The molecule has 1 unspecified atom stereocenters. The van der Waals surface area contributed by atoms with Crippen LogP contribution in [0.2, 0.25) is 0 Å². The Morgan fingerprint density at radius 1 is 1.04 bits per heavy atom. The molecule has 0 spiro atoms. The lowest BCUT2D eigenvalue weighted by Gasteiger charge is -2.16. The maximum Gasteiger partial charge on any atom is 0.273 e. The molecular formula is C19H18N6O2. The second-order valence-corrected chi connectivity index (χ2v) is 6.31. The van der Waals surface area contributed by atoms with E-state index < -0.39 is 0 Å². The number of para-hydroxylation sites is 1. The number of hydrogen-bond acceptors (Lipinski definition) is 5. The van der Waals surface area contributed by atoms with E-state index in [4.69, 9.17) is 0 Å². The normalized spacial score (nSPS) is 16.3. The van der Waals surface area contributed by atoms with E-state index in [9.17, 15) is 9.59 Å². The lowest BCUT2D eigenvalue weighted by Crippen LogP contribution is -2.38. The summed E-state index contributed by atoms with van der Waals surface area (Å²) in [5, 5.41) is 10.9. The van der Waals surface area contributed by atoms with Gasteiger partial charge in [-0.3, -0.25) is 14.6 Å². The van der Waals surface area contributed by atoms with Gasteiger partial charge in [-0.15, -0.1) is 5.10 Å². The van der Waals surface area contributed by atoms with E-state index in [0.717, 1.165) is 5.69 Å². The monoisotopic (exact) mass is 362 g/mol. The summed E-state index contributed by atoms with van der Waals surface area (Å²) in [7, 11) is 0. The summed E-state index contributed by atoms with van der Waals surface area (Å²) < 4.78 is 1.56. The quantitative estimate of drug-likeness (QED) is 0.755. The standard InChI is InChI=1S/C19H18N6O2/c26-18(17-13-25(23-22-17)15-6-2-1-3-7-15)21-14-9-11-24(12-14)19(27)16-8-4-5-10-20-16/h1-8,10,13-14H,9,11-12H2,(H,21,26). The lowest BCUT2D eigenvalue weighted by atomic mass is 10.2. The van der Waals surface area contributed by atoms with E-state index in [1.54, 1.807) is 40.2 Å². The first kappa shape index (κ1) is 16.9. The number of carbonyl (C=O) groups excluding carboxylic acids is 2. The van der Waals surface area contributed by atoms with Gasteiger partial charge >= 0.3 is 0 Å². The van der Waals surface area contributed by atoms with Crippen molar-refractivity contribution in [2.75, 3.05) is 13.1 Å². The maximum atomic E-state index is 12.4. The SMILES string of the molecule is O=C(NC1CCN(C(=O)c2ccccn2)C1)c1cn(-c2ccccc2)nn1. The Balaban J connectivity index is 1.37. The predicted molar refractivity (Wildman–Crippen MR) is 97.4 cm³/mol. The van der Waals surface area contributed by atoms with Crippen molar-refractivity contribution in [3.63, 3.8) is 0 Å². The highest BCUT2D eigenvalue weighted by Crippen LogP contribution is 2.13. The second kappa shape index (κ2) is 7.36. The Morgan fingerprint density at radius 2 is 1.85 bits per heavy atom. The number of nitrogens with one attached hydrogen (secondary N) is 1. The van der Waals surface area contributed by atoms with E-state index in [2.05, 4.69) is 20.6 Å². The van der Waals surface area contributed by atoms with Crippen LogP contribution >= 0.6 is 0 Å². The fraction of sp³-hybridized carbons (Fsp3) is 0.211. The molecule has 136 valence electrons. The highest BCUT2D eigenvalue weighted by Gasteiger charge is 2.29. The molecule has 27 heavy (non-hydrogen) atoms. The molecule has 3 aromatic rings. The minimum Gasteiger partial charge on any atom is -0.346 e. The molecule has 2 amide bonds. The third kappa shape index (κ3) is 3.69. The van der Waals surface area contributed by atoms with E-state index >= 15 is 0 Å². The smallest absolute Gasteiger partial charge is 0.273 e. The highest BCUT2D eigenvalue weighted by atomic mass is 16.2. The predicted octanol–water partition coefficient (Wildman–Crippen LogP) is 1.31. The Labute approximate surface area is 155 Å². The fourth-order valence-corrected chi connectivity index (χ4v) is 3.05. The van der Waals surface area contributed by atoms with Crippen LogP contribution in [0.4, 0.5) is 0 Å². The van der Waals surface area contributed by atoms with Gasteiger partial charge in [0.05, 0.1) is 11.9 Å². The van der Waals surface area contributed by atoms with Crippen LogP contribution in [0.3, 0.4) is 0 Å². The minimum atomic E-state index is -0.297. The van der Waals surface area contributed by atoms with Crippen molar-refractivity contribution in [2.24, 2.45) is 0 Å². The first-order valence-electron chi connectivity index (χ1n) is 8.69. The molecule has 0 saturated carbocycles. The number of pyridine rings is 1. The number of hydrogen-bond donors (Lipinski definition) is 1. The van der Waals surface area contributed by atoms with Gasteiger partial charge in [0.25, 0.3) is 11.8 Å². The molecule has 1 aliphatic heterocycles. The second-order valence-electron chi connectivity index (χ2n) is 6.31. The van der Waals surface area contributed by atoms with Crippen molar-refractivity contribution in [2.45, 2.75) is 12.5 Å². The van der Waals surface area contributed by atoms with Gasteiger partial charge in [-0.2, -0.15) is 0 Å². The van der Waals surface area contributed by atoms with Crippen molar-refractivity contribution in [3.8, 4) is 5.69 Å². The van der Waals surface area contributed by atoms with Gasteiger partial charge in [0.15, 0.2) is 5.69 Å². The topological polar surface area (TPSA) is 93.0 Å². The number of carbonyl (C=O) groups is 2. The number of aromatic nitrogens is 4. The van der Waals surface area contributed by atoms with Crippen LogP contribution in [0.5, 0.6) is 0 Å². The van der Waals surface area contributed by atoms with Crippen LogP contribution < -0.4 is 5.32 Å². The molecule has 1 N–H and O–H groups in total. The summed E-state index contributed by atoms with van der Waals surface area (Å²) in [5.74, 6) is -0.420. The van der Waals surface area contributed by atoms with E-state index in [1.165, 1.54) is 0 Å². The van der Waals surface area contributed by atoms with Crippen molar-refractivity contribution in [1.82, 2.24) is 30.2 Å². The first-order chi connectivity index (χ1) is 13.2. The zero-order valence-electron chi connectivity index (χ0n) is 14.5. The van der Waals surface area contributed by atoms with Crippen molar-refractivity contribution in [1.29, 1.82) is 0 Å². The Bertz CT molecular complexity index is 941. The molecule has 2 aromatic heterocycles. The number of amides is 2. The summed E-state index contributed by atoms with van der Waals surface area (Å²) in [6.07, 6.45) is 3.88. The molecular weight excluding hydrogens is 344 g/mol. The Hall–Kier alpha value is -3.55. The van der Waals surface area contributed by atoms with Crippen LogP contribution in [0.15, 0.2) is 60.9 Å². The summed E-state index contributed by atoms with van der Waals surface area (Å²) in [6, 6.07) is 14.6. The van der Waals surface area contributed by atoms with Crippen molar-refractivity contribution < 1.29 is 9.59 Å². The lowest BCUT2D eigenvalue weighted by molar-refractivity contribution is 0.0777. The van der Waals surface area contributed by atoms with Crippen LogP contribution in [-0.2, 0) is 0 Å². The van der Waals surface area contributed by atoms with Crippen LogP contribution in [0.1, 0.15) is 27.4 Å². The van der Waals surface area contributed by atoms with Gasteiger partial charge < -0.3 is 10.2 Å². The van der Waals surface area contributed by atoms with E-state index in [0.29, 0.717) is 25.2 Å². The Kier molecular flexibility index (Phi) is 4.61. The number of likely N-dealkylation sites (tertiary alicyclic amines) is 1. The average molecular weight is 362 g/mol. The molecule has 0 bridgehead atoms. The van der Waals surface area contributed by atoms with Gasteiger partial charge in [-0.1, -0.05) is 29.5 Å². The van der Waals surface area contributed by atoms with Crippen LogP contribution in [-0.4, -0.2) is 55.8 Å². The molecule has 1 atom stereocenters. The van der Waals surface area contributed by atoms with Gasteiger partial charge in [0.1, 0.15) is 5.69 Å². The van der Waals surface area contributed by atoms with E-state index in [-0.39, 0.29) is 23.6 Å².